The number of rotatable bonds is 6. The predicted octanol–water partition coefficient (Wildman–Crippen LogP) is 2.60. The largest absolute Gasteiger partial charge is 0.316 e. The number of nitrogens with one attached hydrogen (secondary N) is 2. The monoisotopic (exact) mass is 233 g/mol. The Morgan fingerprint density at radius 3 is 3.12 bits per heavy atom. The molecule has 0 radical (unpaired) electrons. The van der Waals surface area contributed by atoms with Gasteiger partial charge in [0.2, 0.25) is 0 Å². The second-order valence-electron chi connectivity index (χ2n) is 4.98. The zero-order valence-electron chi connectivity index (χ0n) is 10.7. The first-order valence-electron chi connectivity index (χ1n) is 6.71. The van der Waals surface area contributed by atoms with Gasteiger partial charge < -0.3 is 5.32 Å². The molecule has 3 heteroatoms. The van der Waals surface area contributed by atoms with Gasteiger partial charge in [0.25, 0.3) is 0 Å². The van der Waals surface area contributed by atoms with E-state index in [2.05, 4.69) is 34.6 Å². The quantitative estimate of drug-likeness (QED) is 0.585. The van der Waals surface area contributed by atoms with E-state index < -0.39 is 0 Å². The second kappa shape index (κ2) is 6.60. The van der Waals surface area contributed by atoms with E-state index >= 15 is 0 Å². The first-order valence-corrected chi connectivity index (χ1v) is 6.71. The Balaban J connectivity index is 1.54. The van der Waals surface area contributed by atoms with Gasteiger partial charge in [0.15, 0.2) is 0 Å². The van der Waals surface area contributed by atoms with E-state index in [1.54, 1.807) is 0 Å². The molecule has 0 amide bonds. The SMILES string of the molecule is Cc1[nH]ncc1CCCNCC1CC=CCC1. The normalized spacial score (nSPS) is 19.7. The van der Waals surface area contributed by atoms with Crippen molar-refractivity contribution in [3.05, 3.63) is 29.6 Å². The molecule has 1 aromatic heterocycles. The van der Waals surface area contributed by atoms with E-state index in [9.17, 15) is 0 Å². The van der Waals surface area contributed by atoms with Crippen LogP contribution in [0.5, 0.6) is 0 Å². The molecule has 1 unspecified atom stereocenters. The summed E-state index contributed by atoms with van der Waals surface area (Å²) < 4.78 is 0. The average Bonchev–Trinajstić information content (AvgIpc) is 2.76. The molecule has 1 atom stereocenters. The first-order chi connectivity index (χ1) is 8.36. The van der Waals surface area contributed by atoms with Crippen molar-refractivity contribution in [3.8, 4) is 0 Å². The van der Waals surface area contributed by atoms with Gasteiger partial charge >= 0.3 is 0 Å². The van der Waals surface area contributed by atoms with Gasteiger partial charge in [0.1, 0.15) is 0 Å². The Kier molecular flexibility index (Phi) is 4.80. The lowest BCUT2D eigenvalue weighted by Gasteiger charge is -2.18. The highest BCUT2D eigenvalue weighted by atomic mass is 15.1. The van der Waals surface area contributed by atoms with Crippen molar-refractivity contribution in [2.75, 3.05) is 13.1 Å². The van der Waals surface area contributed by atoms with E-state index in [1.165, 1.54) is 43.5 Å². The van der Waals surface area contributed by atoms with Crippen LogP contribution in [0.3, 0.4) is 0 Å². The van der Waals surface area contributed by atoms with Crippen LogP contribution in [0.2, 0.25) is 0 Å². The Morgan fingerprint density at radius 1 is 1.47 bits per heavy atom. The maximum absolute atomic E-state index is 4.04. The summed E-state index contributed by atoms with van der Waals surface area (Å²) in [4.78, 5) is 0. The zero-order chi connectivity index (χ0) is 11.9. The molecule has 0 saturated heterocycles. The molecule has 1 aromatic rings. The minimum atomic E-state index is 0.857. The molecule has 17 heavy (non-hydrogen) atoms. The summed E-state index contributed by atoms with van der Waals surface area (Å²) in [7, 11) is 0. The summed E-state index contributed by atoms with van der Waals surface area (Å²) in [5.74, 6) is 0.857. The molecule has 2 N–H and O–H groups in total. The molecule has 0 spiro atoms. The van der Waals surface area contributed by atoms with E-state index in [-0.39, 0.29) is 0 Å². The molecule has 0 aromatic carbocycles. The third-order valence-electron chi connectivity index (χ3n) is 3.54. The predicted molar refractivity (Wildman–Crippen MR) is 71.0 cm³/mol. The molecule has 0 fully saturated rings. The summed E-state index contributed by atoms with van der Waals surface area (Å²) >= 11 is 0. The Morgan fingerprint density at radius 2 is 2.41 bits per heavy atom. The third-order valence-corrected chi connectivity index (χ3v) is 3.54. The van der Waals surface area contributed by atoms with Crippen molar-refractivity contribution < 1.29 is 0 Å². The molecule has 1 aliphatic carbocycles. The van der Waals surface area contributed by atoms with Crippen molar-refractivity contribution in [1.29, 1.82) is 0 Å². The molecule has 94 valence electrons. The van der Waals surface area contributed by atoms with Gasteiger partial charge in [-0.3, -0.25) is 5.10 Å². The topological polar surface area (TPSA) is 40.7 Å². The number of nitrogens with zero attached hydrogens (tertiary/aromatic N) is 1. The smallest absolute Gasteiger partial charge is 0.0522 e. The molecule has 0 bridgehead atoms. The van der Waals surface area contributed by atoms with E-state index in [1.807, 2.05) is 6.20 Å². The van der Waals surface area contributed by atoms with Crippen molar-refractivity contribution in [1.82, 2.24) is 15.5 Å². The summed E-state index contributed by atoms with van der Waals surface area (Å²) in [6.07, 6.45) is 12.8. The molecule has 1 aliphatic rings. The lowest BCUT2D eigenvalue weighted by atomic mass is 9.94. The highest BCUT2D eigenvalue weighted by Crippen LogP contribution is 2.16. The lowest BCUT2D eigenvalue weighted by Crippen LogP contribution is -2.24. The minimum Gasteiger partial charge on any atom is -0.316 e. The van der Waals surface area contributed by atoms with E-state index in [0.29, 0.717) is 0 Å². The molecule has 1 heterocycles. The second-order valence-corrected chi connectivity index (χ2v) is 4.98. The minimum absolute atomic E-state index is 0.857. The summed E-state index contributed by atoms with van der Waals surface area (Å²) in [6, 6.07) is 0. The molecule has 3 nitrogen and oxygen atoms in total. The lowest BCUT2D eigenvalue weighted by molar-refractivity contribution is 0.439. The molecular formula is C14H23N3. The highest BCUT2D eigenvalue weighted by molar-refractivity contribution is 5.14. The van der Waals surface area contributed by atoms with Crippen LogP contribution in [-0.4, -0.2) is 23.3 Å². The number of allylic oxidation sites excluding steroid dienone is 2. The van der Waals surface area contributed by atoms with Crippen LogP contribution in [0, 0.1) is 12.8 Å². The van der Waals surface area contributed by atoms with Crippen LogP contribution in [0.1, 0.15) is 36.9 Å². The Bertz CT molecular complexity index is 354. The van der Waals surface area contributed by atoms with Crippen LogP contribution in [0.25, 0.3) is 0 Å². The van der Waals surface area contributed by atoms with Gasteiger partial charge in [-0.05, 0) is 63.6 Å². The first kappa shape index (κ1) is 12.4. The Hall–Kier alpha value is -1.09. The molecular weight excluding hydrogens is 210 g/mol. The van der Waals surface area contributed by atoms with Crippen molar-refractivity contribution in [3.63, 3.8) is 0 Å². The maximum atomic E-state index is 4.04. The van der Waals surface area contributed by atoms with Crippen molar-refractivity contribution >= 4 is 0 Å². The zero-order valence-corrected chi connectivity index (χ0v) is 10.7. The standard InChI is InChI=1S/C14H23N3/c1-12-14(11-16-17-12)8-5-9-15-10-13-6-3-2-4-7-13/h2-3,11,13,15H,4-10H2,1H3,(H,16,17). The van der Waals surface area contributed by atoms with Crippen molar-refractivity contribution in [2.24, 2.45) is 5.92 Å². The fourth-order valence-corrected chi connectivity index (χ4v) is 2.38. The molecule has 0 aliphatic heterocycles. The van der Waals surface area contributed by atoms with Gasteiger partial charge in [0, 0.05) is 5.69 Å². The number of hydrogen-bond donors (Lipinski definition) is 2. The van der Waals surface area contributed by atoms with Gasteiger partial charge in [-0.15, -0.1) is 0 Å². The van der Waals surface area contributed by atoms with Crippen LogP contribution in [0.4, 0.5) is 0 Å². The average molecular weight is 233 g/mol. The molecule has 0 saturated carbocycles. The fourth-order valence-electron chi connectivity index (χ4n) is 2.38. The van der Waals surface area contributed by atoms with Crippen LogP contribution >= 0.6 is 0 Å². The van der Waals surface area contributed by atoms with Crippen LogP contribution in [-0.2, 0) is 6.42 Å². The number of aromatic nitrogens is 2. The van der Waals surface area contributed by atoms with Gasteiger partial charge in [0.05, 0.1) is 6.20 Å². The summed E-state index contributed by atoms with van der Waals surface area (Å²) in [5.41, 5.74) is 2.56. The number of H-pyrrole nitrogens is 1. The number of aromatic amines is 1. The van der Waals surface area contributed by atoms with Crippen LogP contribution < -0.4 is 5.32 Å². The third kappa shape index (κ3) is 4.00. The molecule has 2 rings (SSSR count). The van der Waals surface area contributed by atoms with Gasteiger partial charge in [-0.2, -0.15) is 5.10 Å². The van der Waals surface area contributed by atoms with E-state index in [4.69, 9.17) is 0 Å². The number of aryl methyl sites for hydroxylation is 2. The maximum Gasteiger partial charge on any atom is 0.0522 e. The van der Waals surface area contributed by atoms with Crippen LogP contribution in [0.15, 0.2) is 18.3 Å². The number of hydrogen-bond acceptors (Lipinski definition) is 2. The van der Waals surface area contributed by atoms with E-state index in [0.717, 1.165) is 18.9 Å². The fraction of sp³-hybridized carbons (Fsp3) is 0.643. The van der Waals surface area contributed by atoms with Crippen molar-refractivity contribution in [2.45, 2.75) is 39.0 Å². The van der Waals surface area contributed by atoms with Gasteiger partial charge in [-0.25, -0.2) is 0 Å². The van der Waals surface area contributed by atoms with Gasteiger partial charge in [-0.1, -0.05) is 12.2 Å². The summed E-state index contributed by atoms with van der Waals surface area (Å²) in [6.45, 7) is 4.38. The summed E-state index contributed by atoms with van der Waals surface area (Å²) in [5, 5.41) is 10.6. The Labute approximate surface area is 104 Å². The highest BCUT2D eigenvalue weighted by Gasteiger charge is 2.08.